The number of rotatable bonds is 4. The second-order valence-electron chi connectivity index (χ2n) is 5.23. The molecule has 1 aliphatic rings. The highest BCUT2D eigenvalue weighted by Gasteiger charge is 2.30. The highest BCUT2D eigenvalue weighted by Crippen LogP contribution is 2.26. The number of amides is 1. The topological polar surface area (TPSA) is 70.5 Å². The van der Waals surface area contributed by atoms with E-state index in [1.54, 1.807) is 22.0 Å². The van der Waals surface area contributed by atoms with Crippen LogP contribution < -0.4 is 0 Å². The van der Waals surface area contributed by atoms with Crippen LogP contribution in [0, 0.1) is 0 Å². The normalized spacial score (nSPS) is 17.9. The molecule has 120 valence electrons. The zero-order chi connectivity index (χ0) is 16.2. The standard InChI is InChI=1S/C16H16N2O3S2/c19-14(20)8-12-9-22-7-6-18(12)16(21)13-10-23-15(17-13)11-4-2-1-3-5-11/h1-5,10,12H,6-9H2,(H,19,20). The minimum atomic E-state index is -0.876. The van der Waals surface area contributed by atoms with Crippen LogP contribution in [0.3, 0.4) is 0 Å². The summed E-state index contributed by atoms with van der Waals surface area (Å²) < 4.78 is 0. The summed E-state index contributed by atoms with van der Waals surface area (Å²) in [5.41, 5.74) is 1.38. The summed E-state index contributed by atoms with van der Waals surface area (Å²) in [6.45, 7) is 0.569. The molecule has 23 heavy (non-hydrogen) atoms. The van der Waals surface area contributed by atoms with Gasteiger partial charge in [0.25, 0.3) is 5.91 Å². The summed E-state index contributed by atoms with van der Waals surface area (Å²) in [7, 11) is 0. The van der Waals surface area contributed by atoms with Crippen molar-refractivity contribution in [3.63, 3.8) is 0 Å². The molecular formula is C16H16N2O3S2. The molecule has 1 aromatic heterocycles. The Balaban J connectivity index is 1.79. The number of carbonyl (C=O) groups is 2. The molecule has 1 N–H and O–H groups in total. The van der Waals surface area contributed by atoms with Crippen LogP contribution in [0.25, 0.3) is 10.6 Å². The minimum Gasteiger partial charge on any atom is -0.481 e. The Bertz CT molecular complexity index is 702. The molecule has 2 heterocycles. The van der Waals surface area contributed by atoms with Gasteiger partial charge in [0.1, 0.15) is 10.7 Å². The second kappa shape index (κ2) is 7.14. The number of carboxylic acid groups (broad SMARTS) is 1. The van der Waals surface area contributed by atoms with Crippen LogP contribution in [0.5, 0.6) is 0 Å². The van der Waals surface area contributed by atoms with E-state index in [2.05, 4.69) is 4.98 Å². The van der Waals surface area contributed by atoms with E-state index >= 15 is 0 Å². The van der Waals surface area contributed by atoms with Crippen molar-refractivity contribution >= 4 is 35.0 Å². The summed E-state index contributed by atoms with van der Waals surface area (Å²) in [6, 6.07) is 9.45. The molecule has 0 spiro atoms. The number of thiazole rings is 1. The summed E-state index contributed by atoms with van der Waals surface area (Å²) in [5, 5.41) is 11.6. The first-order chi connectivity index (χ1) is 11.1. The van der Waals surface area contributed by atoms with Crippen molar-refractivity contribution in [3.8, 4) is 10.6 Å². The third-order valence-electron chi connectivity index (χ3n) is 3.64. The largest absolute Gasteiger partial charge is 0.481 e. The highest BCUT2D eigenvalue weighted by molar-refractivity contribution is 7.99. The van der Waals surface area contributed by atoms with Gasteiger partial charge in [0.05, 0.1) is 12.5 Å². The van der Waals surface area contributed by atoms with Crippen molar-refractivity contribution in [2.24, 2.45) is 0 Å². The Morgan fingerprint density at radius 3 is 2.83 bits per heavy atom. The van der Waals surface area contributed by atoms with Gasteiger partial charge in [0, 0.05) is 29.0 Å². The molecule has 2 aromatic rings. The Hall–Kier alpha value is -1.86. The fraction of sp³-hybridized carbons (Fsp3) is 0.312. The van der Waals surface area contributed by atoms with E-state index in [4.69, 9.17) is 5.11 Å². The molecule has 1 aliphatic heterocycles. The van der Waals surface area contributed by atoms with E-state index in [1.807, 2.05) is 30.3 Å². The van der Waals surface area contributed by atoms with E-state index in [9.17, 15) is 9.59 Å². The van der Waals surface area contributed by atoms with Gasteiger partial charge in [-0.15, -0.1) is 11.3 Å². The van der Waals surface area contributed by atoms with Gasteiger partial charge >= 0.3 is 5.97 Å². The van der Waals surface area contributed by atoms with Crippen LogP contribution in [-0.2, 0) is 4.79 Å². The fourth-order valence-corrected chi connectivity index (χ4v) is 4.39. The van der Waals surface area contributed by atoms with Crippen molar-refractivity contribution < 1.29 is 14.7 Å². The van der Waals surface area contributed by atoms with Crippen LogP contribution >= 0.6 is 23.1 Å². The van der Waals surface area contributed by atoms with Gasteiger partial charge in [-0.05, 0) is 0 Å². The minimum absolute atomic E-state index is 0.0194. The lowest BCUT2D eigenvalue weighted by Crippen LogP contribution is -2.47. The molecule has 1 atom stereocenters. The molecule has 0 saturated carbocycles. The Kier molecular flexibility index (Phi) is 4.97. The van der Waals surface area contributed by atoms with E-state index in [1.165, 1.54) is 11.3 Å². The maximum Gasteiger partial charge on any atom is 0.305 e. The quantitative estimate of drug-likeness (QED) is 0.920. The number of carbonyl (C=O) groups excluding carboxylic acids is 1. The van der Waals surface area contributed by atoms with Crippen LogP contribution in [0.1, 0.15) is 16.9 Å². The van der Waals surface area contributed by atoms with Gasteiger partial charge in [0.2, 0.25) is 0 Å². The number of aliphatic carboxylic acids is 1. The Labute approximate surface area is 142 Å². The summed E-state index contributed by atoms with van der Waals surface area (Å²) in [4.78, 5) is 29.8. The van der Waals surface area contributed by atoms with Crippen molar-refractivity contribution in [2.45, 2.75) is 12.5 Å². The molecule has 5 nitrogen and oxygen atoms in total. The van der Waals surface area contributed by atoms with Gasteiger partial charge in [-0.25, -0.2) is 4.98 Å². The molecule has 1 unspecified atom stereocenters. The number of nitrogens with zero attached hydrogens (tertiary/aromatic N) is 2. The monoisotopic (exact) mass is 348 g/mol. The molecule has 1 fully saturated rings. The van der Waals surface area contributed by atoms with Crippen LogP contribution in [0.2, 0.25) is 0 Å². The van der Waals surface area contributed by atoms with E-state index in [-0.39, 0.29) is 18.4 Å². The predicted molar refractivity (Wildman–Crippen MR) is 92.0 cm³/mol. The van der Waals surface area contributed by atoms with Crippen LogP contribution in [0.15, 0.2) is 35.7 Å². The van der Waals surface area contributed by atoms with Gasteiger partial charge in [-0.1, -0.05) is 30.3 Å². The van der Waals surface area contributed by atoms with Gasteiger partial charge in [0.15, 0.2) is 0 Å². The zero-order valence-electron chi connectivity index (χ0n) is 12.3. The molecule has 1 amide bonds. The number of aromatic nitrogens is 1. The molecule has 0 radical (unpaired) electrons. The molecule has 7 heteroatoms. The number of carboxylic acids is 1. The van der Waals surface area contributed by atoms with E-state index < -0.39 is 5.97 Å². The number of thioether (sulfide) groups is 1. The average Bonchev–Trinajstić information content (AvgIpc) is 3.05. The fourth-order valence-electron chi connectivity index (χ4n) is 2.53. The van der Waals surface area contributed by atoms with Crippen molar-refractivity contribution in [2.75, 3.05) is 18.1 Å². The third kappa shape index (κ3) is 3.73. The SMILES string of the molecule is O=C(O)CC1CSCCN1C(=O)c1csc(-c2ccccc2)n1. The van der Waals surface area contributed by atoms with E-state index in [0.717, 1.165) is 16.3 Å². The molecular weight excluding hydrogens is 332 g/mol. The Morgan fingerprint density at radius 2 is 2.09 bits per heavy atom. The number of benzene rings is 1. The number of hydrogen-bond acceptors (Lipinski definition) is 5. The first-order valence-corrected chi connectivity index (χ1v) is 9.30. The smallest absolute Gasteiger partial charge is 0.305 e. The van der Waals surface area contributed by atoms with Crippen molar-refractivity contribution in [1.29, 1.82) is 0 Å². The lowest BCUT2D eigenvalue weighted by atomic mass is 10.2. The summed E-state index contributed by atoms with van der Waals surface area (Å²) >= 11 is 3.12. The predicted octanol–water partition coefficient (Wildman–Crippen LogP) is 2.84. The molecule has 3 rings (SSSR count). The molecule has 1 aromatic carbocycles. The van der Waals surface area contributed by atoms with Crippen molar-refractivity contribution in [1.82, 2.24) is 9.88 Å². The number of hydrogen-bond donors (Lipinski definition) is 1. The molecule has 1 saturated heterocycles. The van der Waals surface area contributed by atoms with Crippen LogP contribution in [-0.4, -0.2) is 51.0 Å². The van der Waals surface area contributed by atoms with E-state index in [0.29, 0.717) is 18.0 Å². The first kappa shape index (κ1) is 16.0. The lowest BCUT2D eigenvalue weighted by Gasteiger charge is -2.34. The van der Waals surface area contributed by atoms with Crippen molar-refractivity contribution in [3.05, 3.63) is 41.4 Å². The molecule has 0 bridgehead atoms. The van der Waals surface area contributed by atoms with Gasteiger partial charge < -0.3 is 10.0 Å². The maximum absolute atomic E-state index is 12.7. The average molecular weight is 348 g/mol. The second-order valence-corrected chi connectivity index (χ2v) is 7.24. The third-order valence-corrected chi connectivity index (χ3v) is 5.63. The van der Waals surface area contributed by atoms with Gasteiger partial charge in [-0.2, -0.15) is 11.8 Å². The molecule has 0 aliphatic carbocycles. The summed E-state index contributed by atoms with van der Waals surface area (Å²) in [5.74, 6) is 0.444. The lowest BCUT2D eigenvalue weighted by molar-refractivity contribution is -0.138. The Morgan fingerprint density at radius 1 is 1.30 bits per heavy atom. The highest BCUT2D eigenvalue weighted by atomic mass is 32.2. The zero-order valence-corrected chi connectivity index (χ0v) is 14.0. The maximum atomic E-state index is 12.7. The first-order valence-electron chi connectivity index (χ1n) is 7.26. The summed E-state index contributed by atoms with van der Waals surface area (Å²) in [6.07, 6.45) is -0.0194. The van der Waals surface area contributed by atoms with Crippen LogP contribution in [0.4, 0.5) is 0 Å². The van der Waals surface area contributed by atoms with Gasteiger partial charge in [-0.3, -0.25) is 9.59 Å².